The highest BCUT2D eigenvalue weighted by Crippen LogP contribution is 2.36. The smallest absolute Gasteiger partial charge is 0.115 e. The second kappa shape index (κ2) is 5.48. The summed E-state index contributed by atoms with van der Waals surface area (Å²) in [5.74, 6) is 1.02. The fourth-order valence-corrected chi connectivity index (χ4v) is 3.51. The van der Waals surface area contributed by atoms with Gasteiger partial charge in [-0.15, -0.1) is 0 Å². The molecule has 1 saturated heterocycles. The van der Waals surface area contributed by atoms with Gasteiger partial charge in [0.15, 0.2) is 0 Å². The number of imidazole rings is 1. The largest absolute Gasteiger partial charge is 0.382 e. The first kappa shape index (κ1) is 14.4. The van der Waals surface area contributed by atoms with E-state index in [1.165, 1.54) is 5.39 Å². The van der Waals surface area contributed by atoms with Crippen LogP contribution in [-0.4, -0.2) is 33.1 Å². The van der Waals surface area contributed by atoms with Crippen molar-refractivity contribution in [2.24, 2.45) is 0 Å². The van der Waals surface area contributed by atoms with Crippen LogP contribution < -0.4 is 0 Å². The zero-order valence-electron chi connectivity index (χ0n) is 13.3. The van der Waals surface area contributed by atoms with Gasteiger partial charge in [0.25, 0.3) is 0 Å². The number of fused-ring (bicyclic) bond motifs is 1. The molecule has 4 heteroatoms. The Bertz CT molecular complexity index is 828. The number of H-pyrrole nitrogens is 1. The molecule has 2 N–H and O–H groups in total. The van der Waals surface area contributed by atoms with Crippen molar-refractivity contribution in [3.05, 3.63) is 65.7 Å². The summed E-state index contributed by atoms with van der Waals surface area (Å²) in [5.41, 5.74) is 1.39. The Morgan fingerprint density at radius 2 is 1.96 bits per heavy atom. The number of β-amino-alcohol motifs (C(OH)–C–C–N with tert-alkyl or cyclic N) is 1. The van der Waals surface area contributed by atoms with Crippen molar-refractivity contribution in [3.63, 3.8) is 0 Å². The van der Waals surface area contributed by atoms with E-state index in [4.69, 9.17) is 0 Å². The third-order valence-corrected chi connectivity index (χ3v) is 4.67. The predicted molar refractivity (Wildman–Crippen MR) is 91.1 cm³/mol. The number of likely N-dealkylation sites (tertiary alicyclic amines) is 1. The van der Waals surface area contributed by atoms with Gasteiger partial charge in [-0.3, -0.25) is 4.90 Å². The Balaban J connectivity index is 1.52. The van der Waals surface area contributed by atoms with E-state index in [1.807, 2.05) is 30.5 Å². The van der Waals surface area contributed by atoms with Gasteiger partial charge in [0.05, 0.1) is 0 Å². The van der Waals surface area contributed by atoms with Crippen molar-refractivity contribution >= 4 is 10.8 Å². The number of hydrogen-bond acceptors (Lipinski definition) is 3. The molecule has 0 aliphatic carbocycles. The average molecular weight is 307 g/mol. The quantitative estimate of drug-likeness (QED) is 0.779. The Kier molecular flexibility index (Phi) is 3.43. The van der Waals surface area contributed by atoms with E-state index in [9.17, 15) is 5.11 Å². The molecule has 2 heterocycles. The molecular weight excluding hydrogens is 286 g/mol. The molecule has 118 valence electrons. The molecule has 3 aromatic rings. The topological polar surface area (TPSA) is 52.1 Å². The number of aryl methyl sites for hydroxylation is 1. The predicted octanol–water partition coefficient (Wildman–Crippen LogP) is 2.83. The maximum Gasteiger partial charge on any atom is 0.115 e. The fraction of sp³-hybridized carbons (Fsp3) is 0.316. The van der Waals surface area contributed by atoms with Gasteiger partial charge in [-0.1, -0.05) is 49.4 Å². The molecule has 0 spiro atoms. The van der Waals surface area contributed by atoms with Crippen LogP contribution in [0, 0.1) is 0 Å². The van der Waals surface area contributed by atoms with Crippen LogP contribution in [-0.2, 0) is 18.6 Å². The van der Waals surface area contributed by atoms with Crippen molar-refractivity contribution in [1.82, 2.24) is 14.9 Å². The standard InChI is InChI=1S/C19H21N3O/c1-2-18-20-10-15(21-18)11-22-12-19(23,13-22)17-9-5-7-14-6-3-4-8-16(14)17/h3-10,23H,2,11-13H2,1H3,(H,20,21). The highest BCUT2D eigenvalue weighted by molar-refractivity contribution is 5.86. The number of aliphatic hydroxyl groups is 1. The minimum Gasteiger partial charge on any atom is -0.382 e. The molecule has 1 aliphatic rings. The summed E-state index contributed by atoms with van der Waals surface area (Å²) in [6, 6.07) is 14.4. The number of rotatable bonds is 4. The minimum absolute atomic E-state index is 0.654. The van der Waals surface area contributed by atoms with E-state index < -0.39 is 5.60 Å². The summed E-state index contributed by atoms with van der Waals surface area (Å²) in [4.78, 5) is 9.91. The van der Waals surface area contributed by atoms with Crippen LogP contribution in [0.25, 0.3) is 10.8 Å². The molecule has 0 saturated carbocycles. The molecule has 23 heavy (non-hydrogen) atoms. The van der Waals surface area contributed by atoms with Crippen LogP contribution in [0.3, 0.4) is 0 Å². The van der Waals surface area contributed by atoms with E-state index in [0.717, 1.165) is 35.4 Å². The van der Waals surface area contributed by atoms with Gasteiger partial charge in [-0.2, -0.15) is 0 Å². The second-order valence-electron chi connectivity index (χ2n) is 6.41. The fourth-order valence-electron chi connectivity index (χ4n) is 3.51. The molecule has 1 aromatic heterocycles. The summed E-state index contributed by atoms with van der Waals surface area (Å²) in [5, 5.41) is 13.3. The molecule has 2 aromatic carbocycles. The molecule has 1 aliphatic heterocycles. The van der Waals surface area contributed by atoms with Crippen LogP contribution in [0.1, 0.15) is 24.0 Å². The highest BCUT2D eigenvalue weighted by Gasteiger charge is 2.43. The number of hydrogen-bond donors (Lipinski definition) is 2. The lowest BCUT2D eigenvalue weighted by Gasteiger charge is -2.47. The monoisotopic (exact) mass is 307 g/mol. The van der Waals surface area contributed by atoms with E-state index in [1.54, 1.807) is 0 Å². The van der Waals surface area contributed by atoms with Crippen LogP contribution in [0.5, 0.6) is 0 Å². The lowest BCUT2D eigenvalue weighted by molar-refractivity contribution is -0.107. The molecule has 4 nitrogen and oxygen atoms in total. The van der Waals surface area contributed by atoms with Gasteiger partial charge in [0.2, 0.25) is 0 Å². The van der Waals surface area contributed by atoms with Crippen molar-refractivity contribution in [2.75, 3.05) is 13.1 Å². The molecule has 0 radical (unpaired) electrons. The van der Waals surface area contributed by atoms with Crippen molar-refractivity contribution in [2.45, 2.75) is 25.5 Å². The molecule has 1 fully saturated rings. The number of benzene rings is 2. The highest BCUT2D eigenvalue weighted by atomic mass is 16.3. The SMILES string of the molecule is CCc1ncc(CN2CC(O)(c3cccc4ccccc34)C2)[nH]1. The summed E-state index contributed by atoms with van der Waals surface area (Å²) >= 11 is 0. The molecule has 0 unspecified atom stereocenters. The van der Waals surface area contributed by atoms with Gasteiger partial charge < -0.3 is 10.1 Å². The molecule has 0 atom stereocenters. The van der Waals surface area contributed by atoms with E-state index in [-0.39, 0.29) is 0 Å². The van der Waals surface area contributed by atoms with E-state index in [2.05, 4.69) is 40.0 Å². The lowest BCUT2D eigenvalue weighted by atomic mass is 9.83. The molecule has 0 bridgehead atoms. The van der Waals surface area contributed by atoms with Crippen LogP contribution in [0.15, 0.2) is 48.7 Å². The average Bonchev–Trinajstić information content (AvgIpc) is 3.00. The first-order valence-corrected chi connectivity index (χ1v) is 8.14. The minimum atomic E-state index is -0.755. The maximum atomic E-state index is 11.0. The Morgan fingerprint density at radius 3 is 2.74 bits per heavy atom. The second-order valence-corrected chi connectivity index (χ2v) is 6.41. The van der Waals surface area contributed by atoms with Crippen molar-refractivity contribution < 1.29 is 5.11 Å². The summed E-state index contributed by atoms with van der Waals surface area (Å²) in [6.07, 6.45) is 2.81. The van der Waals surface area contributed by atoms with Crippen LogP contribution in [0.4, 0.5) is 0 Å². The number of nitrogens with zero attached hydrogens (tertiary/aromatic N) is 2. The van der Waals surface area contributed by atoms with Gasteiger partial charge >= 0.3 is 0 Å². The summed E-state index contributed by atoms with van der Waals surface area (Å²) < 4.78 is 0. The number of aromatic amines is 1. The zero-order chi connectivity index (χ0) is 15.9. The van der Waals surface area contributed by atoms with Crippen LogP contribution >= 0.6 is 0 Å². The summed E-state index contributed by atoms with van der Waals surface area (Å²) in [7, 11) is 0. The van der Waals surface area contributed by atoms with Crippen molar-refractivity contribution in [1.29, 1.82) is 0 Å². The number of aromatic nitrogens is 2. The Labute approximate surface area is 135 Å². The summed E-state index contributed by atoms with van der Waals surface area (Å²) in [6.45, 7) is 4.20. The van der Waals surface area contributed by atoms with E-state index >= 15 is 0 Å². The lowest BCUT2D eigenvalue weighted by Crippen LogP contribution is -2.58. The zero-order valence-corrected chi connectivity index (χ0v) is 13.3. The van der Waals surface area contributed by atoms with E-state index in [0.29, 0.717) is 13.1 Å². The van der Waals surface area contributed by atoms with Gasteiger partial charge in [0.1, 0.15) is 11.4 Å². The van der Waals surface area contributed by atoms with Gasteiger partial charge in [-0.05, 0) is 16.3 Å². The number of nitrogens with one attached hydrogen (secondary N) is 1. The third kappa shape index (κ3) is 2.54. The first-order valence-electron chi connectivity index (χ1n) is 8.14. The Morgan fingerprint density at radius 1 is 1.17 bits per heavy atom. The van der Waals surface area contributed by atoms with Crippen molar-refractivity contribution in [3.8, 4) is 0 Å². The van der Waals surface area contributed by atoms with Gasteiger partial charge in [-0.25, -0.2) is 4.98 Å². The van der Waals surface area contributed by atoms with Gasteiger partial charge in [0, 0.05) is 37.9 Å². The Hall–Kier alpha value is -2.17. The first-order chi connectivity index (χ1) is 11.2. The maximum absolute atomic E-state index is 11.0. The third-order valence-electron chi connectivity index (χ3n) is 4.67. The molecule has 4 rings (SSSR count). The van der Waals surface area contributed by atoms with Crippen LogP contribution in [0.2, 0.25) is 0 Å². The molecule has 0 amide bonds. The normalized spacial score (nSPS) is 17.3. The molecular formula is C19H21N3O.